The molecule has 0 aliphatic carbocycles. The van der Waals surface area contributed by atoms with E-state index >= 15 is 0 Å². The third-order valence-electron chi connectivity index (χ3n) is 3.90. The predicted molar refractivity (Wildman–Crippen MR) is 113 cm³/mol. The molecule has 0 saturated carbocycles. The third kappa shape index (κ3) is 6.24. The first-order valence-corrected chi connectivity index (χ1v) is 8.16. The normalized spacial score (nSPS) is 12.6. The fraction of sp³-hybridized carbons (Fsp3) is 0.389. The van der Waals surface area contributed by atoms with Gasteiger partial charge in [-0.15, -0.1) is 24.0 Å². The summed E-state index contributed by atoms with van der Waals surface area (Å²) in [5, 5.41) is 3.09. The molecule has 25 heavy (non-hydrogen) atoms. The summed E-state index contributed by atoms with van der Waals surface area (Å²) in [5.74, 6) is 2.04. The molecule has 7 heteroatoms. The highest BCUT2D eigenvalue weighted by atomic mass is 127. The van der Waals surface area contributed by atoms with Crippen LogP contribution in [0, 0.1) is 0 Å². The number of nitrogens with one attached hydrogen (secondary N) is 1. The number of aliphatic imine (C=N–C) groups is 1. The Balaban J connectivity index is 0.00000312. The van der Waals surface area contributed by atoms with Crippen molar-refractivity contribution < 1.29 is 9.15 Å². The average molecular weight is 458 g/mol. The number of rotatable bonds is 8. The van der Waals surface area contributed by atoms with Crippen molar-refractivity contribution in [2.24, 2.45) is 10.7 Å². The number of guanidine groups is 1. The number of nitrogens with zero attached hydrogens (tertiary/aromatic N) is 2. The van der Waals surface area contributed by atoms with Crippen molar-refractivity contribution in [1.29, 1.82) is 0 Å². The van der Waals surface area contributed by atoms with E-state index in [9.17, 15) is 0 Å². The van der Waals surface area contributed by atoms with Crippen molar-refractivity contribution in [1.82, 2.24) is 4.90 Å². The van der Waals surface area contributed by atoms with E-state index in [2.05, 4.69) is 29.1 Å². The maximum atomic E-state index is 6.03. The topological polar surface area (TPSA) is 76.0 Å². The Kier molecular flexibility index (Phi) is 9.36. The number of hydrogen-bond donors (Lipinski definition) is 2. The molecule has 138 valence electrons. The van der Waals surface area contributed by atoms with Gasteiger partial charge in [-0.3, -0.25) is 9.89 Å². The van der Waals surface area contributed by atoms with Crippen LogP contribution in [0.2, 0.25) is 0 Å². The van der Waals surface area contributed by atoms with Crippen LogP contribution in [0.1, 0.15) is 25.6 Å². The second-order valence-electron chi connectivity index (χ2n) is 5.34. The first-order chi connectivity index (χ1) is 11.7. The second kappa shape index (κ2) is 11.0. The fourth-order valence-electron chi connectivity index (χ4n) is 2.60. The van der Waals surface area contributed by atoms with E-state index in [1.165, 1.54) is 0 Å². The largest absolute Gasteiger partial charge is 0.497 e. The number of hydrogen-bond acceptors (Lipinski definition) is 4. The summed E-state index contributed by atoms with van der Waals surface area (Å²) in [6, 6.07) is 11.5. The molecule has 1 aromatic carbocycles. The zero-order valence-corrected chi connectivity index (χ0v) is 17.3. The Morgan fingerprint density at radius 3 is 2.64 bits per heavy atom. The van der Waals surface area contributed by atoms with Crippen molar-refractivity contribution in [3.8, 4) is 5.75 Å². The van der Waals surface area contributed by atoms with E-state index in [0.29, 0.717) is 12.5 Å². The van der Waals surface area contributed by atoms with E-state index in [1.807, 2.05) is 36.4 Å². The number of ether oxygens (including phenoxy) is 1. The van der Waals surface area contributed by atoms with E-state index in [1.54, 1.807) is 13.4 Å². The molecular weight excluding hydrogens is 431 g/mol. The third-order valence-corrected chi connectivity index (χ3v) is 3.90. The number of likely N-dealkylation sites (N-methyl/N-ethyl adjacent to an activating group) is 1. The Bertz CT molecular complexity index is 642. The van der Waals surface area contributed by atoms with Gasteiger partial charge >= 0.3 is 0 Å². The maximum absolute atomic E-state index is 6.03. The molecule has 2 rings (SSSR count). The molecule has 1 unspecified atom stereocenters. The molecule has 0 spiro atoms. The quantitative estimate of drug-likeness (QED) is 0.358. The molecule has 1 atom stereocenters. The lowest BCUT2D eigenvalue weighted by molar-refractivity contribution is 0.198. The standard InChI is InChI=1S/C18H26N4O2.HI/c1-4-22(5-2)16(17-10-7-11-24-17)13-20-18(19)21-14-8-6-9-15(12-14)23-3;/h6-12,16H,4-5,13H2,1-3H3,(H3,19,20,21);1H. The number of anilines is 1. The van der Waals surface area contributed by atoms with Crippen LogP contribution in [0.3, 0.4) is 0 Å². The van der Waals surface area contributed by atoms with Crippen molar-refractivity contribution in [3.63, 3.8) is 0 Å². The van der Waals surface area contributed by atoms with Gasteiger partial charge in [0, 0.05) is 11.8 Å². The van der Waals surface area contributed by atoms with Gasteiger partial charge in [-0.25, -0.2) is 0 Å². The number of methoxy groups -OCH3 is 1. The first kappa shape index (κ1) is 21.3. The van der Waals surface area contributed by atoms with Gasteiger partial charge in [0.15, 0.2) is 5.96 Å². The Hall–Kier alpha value is -1.74. The van der Waals surface area contributed by atoms with E-state index < -0.39 is 0 Å². The summed E-state index contributed by atoms with van der Waals surface area (Å²) in [5.41, 5.74) is 6.87. The van der Waals surface area contributed by atoms with Crippen LogP contribution < -0.4 is 15.8 Å². The molecule has 6 nitrogen and oxygen atoms in total. The summed E-state index contributed by atoms with van der Waals surface area (Å²) in [4.78, 5) is 6.78. The number of furan rings is 1. The van der Waals surface area contributed by atoms with Gasteiger partial charge in [0.25, 0.3) is 0 Å². The Morgan fingerprint density at radius 1 is 1.28 bits per heavy atom. The van der Waals surface area contributed by atoms with Crippen molar-refractivity contribution >= 4 is 35.6 Å². The lowest BCUT2D eigenvalue weighted by atomic mass is 10.2. The van der Waals surface area contributed by atoms with Gasteiger partial charge in [-0.05, 0) is 37.4 Å². The minimum absolute atomic E-state index is 0. The van der Waals surface area contributed by atoms with Crippen LogP contribution in [0.15, 0.2) is 52.1 Å². The van der Waals surface area contributed by atoms with Crippen LogP contribution in [0.5, 0.6) is 5.75 Å². The van der Waals surface area contributed by atoms with Crippen molar-refractivity contribution in [3.05, 3.63) is 48.4 Å². The average Bonchev–Trinajstić information content (AvgIpc) is 3.13. The summed E-state index contributed by atoms with van der Waals surface area (Å²) in [6.07, 6.45) is 1.69. The lowest BCUT2D eigenvalue weighted by Gasteiger charge is -2.26. The van der Waals surface area contributed by atoms with Gasteiger partial charge in [-0.1, -0.05) is 19.9 Å². The first-order valence-electron chi connectivity index (χ1n) is 8.16. The van der Waals surface area contributed by atoms with Gasteiger partial charge < -0.3 is 20.2 Å². The molecule has 0 saturated heterocycles. The second-order valence-corrected chi connectivity index (χ2v) is 5.34. The summed E-state index contributed by atoms with van der Waals surface area (Å²) < 4.78 is 10.8. The molecule has 0 aliphatic heterocycles. The van der Waals surface area contributed by atoms with Crippen LogP contribution in [-0.4, -0.2) is 37.6 Å². The molecule has 0 fully saturated rings. The van der Waals surface area contributed by atoms with Gasteiger partial charge in [0.05, 0.1) is 26.0 Å². The molecule has 1 heterocycles. The predicted octanol–water partition coefficient (Wildman–Crippen LogP) is 3.72. The van der Waals surface area contributed by atoms with Gasteiger partial charge in [-0.2, -0.15) is 0 Å². The molecule has 3 N–H and O–H groups in total. The highest BCUT2D eigenvalue weighted by Crippen LogP contribution is 2.21. The molecule has 0 amide bonds. The molecule has 0 radical (unpaired) electrons. The highest BCUT2D eigenvalue weighted by molar-refractivity contribution is 14.0. The van der Waals surface area contributed by atoms with Gasteiger partial charge in [0.1, 0.15) is 11.5 Å². The minimum Gasteiger partial charge on any atom is -0.497 e. The highest BCUT2D eigenvalue weighted by Gasteiger charge is 2.20. The van der Waals surface area contributed by atoms with E-state index in [0.717, 1.165) is 30.3 Å². The van der Waals surface area contributed by atoms with E-state index in [4.69, 9.17) is 14.9 Å². The number of halogens is 1. The molecule has 2 aromatic rings. The summed E-state index contributed by atoms with van der Waals surface area (Å²) in [7, 11) is 1.63. The van der Waals surface area contributed by atoms with Crippen molar-refractivity contribution in [2.75, 3.05) is 32.1 Å². The van der Waals surface area contributed by atoms with Crippen LogP contribution >= 0.6 is 24.0 Å². The van der Waals surface area contributed by atoms with Crippen LogP contribution in [0.4, 0.5) is 5.69 Å². The Morgan fingerprint density at radius 2 is 2.04 bits per heavy atom. The van der Waals surface area contributed by atoms with Crippen molar-refractivity contribution in [2.45, 2.75) is 19.9 Å². The molecular formula is C18H27IN4O2. The summed E-state index contributed by atoms with van der Waals surface area (Å²) in [6.45, 7) is 6.61. The van der Waals surface area contributed by atoms with E-state index in [-0.39, 0.29) is 30.0 Å². The molecule has 0 aliphatic rings. The number of nitrogens with two attached hydrogens (primary N) is 1. The SMILES string of the molecule is CCN(CC)C(CN=C(N)Nc1cccc(OC)c1)c1ccco1.I. The smallest absolute Gasteiger partial charge is 0.193 e. The zero-order valence-electron chi connectivity index (χ0n) is 14.9. The Labute approximate surface area is 166 Å². The van der Waals surface area contributed by atoms with Crippen LogP contribution in [-0.2, 0) is 0 Å². The molecule has 1 aromatic heterocycles. The zero-order chi connectivity index (χ0) is 17.4. The number of benzene rings is 1. The lowest BCUT2D eigenvalue weighted by Crippen LogP contribution is -2.31. The summed E-state index contributed by atoms with van der Waals surface area (Å²) >= 11 is 0. The minimum atomic E-state index is 0. The monoisotopic (exact) mass is 458 g/mol. The molecule has 0 bridgehead atoms. The van der Waals surface area contributed by atoms with Gasteiger partial charge in [0.2, 0.25) is 0 Å². The van der Waals surface area contributed by atoms with Crippen LogP contribution in [0.25, 0.3) is 0 Å². The fourth-order valence-corrected chi connectivity index (χ4v) is 2.60. The maximum Gasteiger partial charge on any atom is 0.193 e.